The number of nitrogens with zero attached hydrogens (tertiary/aromatic N) is 4. The average Bonchev–Trinajstić information content (AvgIpc) is 3.36. The molecule has 0 unspecified atom stereocenters. The smallest absolute Gasteiger partial charge is 0.224 e. The number of imidazole rings is 1. The van der Waals surface area contributed by atoms with Crippen molar-refractivity contribution in [2.24, 2.45) is 0 Å². The van der Waals surface area contributed by atoms with Gasteiger partial charge in [0.1, 0.15) is 24.1 Å². The van der Waals surface area contributed by atoms with E-state index in [0.29, 0.717) is 29.8 Å². The minimum absolute atomic E-state index is 0.100. The molecule has 4 atom stereocenters. The van der Waals surface area contributed by atoms with E-state index < -0.39 is 20.3 Å². The Labute approximate surface area is 183 Å². The normalized spacial score (nSPS) is 28.3. The largest absolute Gasteiger partial charge is 0.414 e. The van der Waals surface area contributed by atoms with Gasteiger partial charge in [-0.3, -0.25) is 4.57 Å². The van der Waals surface area contributed by atoms with Crippen molar-refractivity contribution in [3.8, 4) is 11.5 Å². The summed E-state index contributed by atoms with van der Waals surface area (Å²) in [6.07, 6.45) is 0.198. The number of fused-ring (bicyclic) bond motifs is 1. The fourth-order valence-corrected chi connectivity index (χ4v) is 4.68. The Hall–Kier alpha value is -1.79. The molecule has 0 aliphatic carbocycles. The highest BCUT2D eigenvalue weighted by molar-refractivity contribution is 6.74. The van der Waals surface area contributed by atoms with Crippen LogP contribution in [0.5, 0.6) is 0 Å². The molecule has 2 aromatic heterocycles. The van der Waals surface area contributed by atoms with E-state index in [1.165, 1.54) is 0 Å². The van der Waals surface area contributed by atoms with Crippen molar-refractivity contribution in [3.63, 3.8) is 0 Å². The molecular weight excluding hydrogens is 418 g/mol. The SMILES string of the molecule is Cc1nc(-c2ncn([C@@H]3O[C@H](CO[Si](C)(C)C(C)(C)C)[C@H]4OC(C)(C)O[C@H]43)c2N)no1. The summed E-state index contributed by atoms with van der Waals surface area (Å²) in [6.45, 7) is 17.0. The number of aromatic nitrogens is 4. The summed E-state index contributed by atoms with van der Waals surface area (Å²) in [5.74, 6) is 0.433. The highest BCUT2D eigenvalue weighted by Gasteiger charge is 2.56. The van der Waals surface area contributed by atoms with Crippen LogP contribution in [-0.2, 0) is 18.6 Å². The second kappa shape index (κ2) is 7.38. The maximum absolute atomic E-state index is 6.44. The number of hydrogen-bond donors (Lipinski definition) is 1. The first-order valence-electron chi connectivity index (χ1n) is 10.6. The number of nitrogen functional groups attached to an aromatic ring is 1. The Kier molecular flexibility index (Phi) is 5.33. The minimum atomic E-state index is -1.95. The number of aryl methyl sites for hydroxylation is 1. The second-order valence-corrected chi connectivity index (χ2v) is 15.0. The van der Waals surface area contributed by atoms with E-state index >= 15 is 0 Å². The van der Waals surface area contributed by atoms with Crippen molar-refractivity contribution >= 4 is 14.1 Å². The predicted octanol–water partition coefficient (Wildman–Crippen LogP) is 3.26. The summed E-state index contributed by atoms with van der Waals surface area (Å²) in [5.41, 5.74) is 6.84. The van der Waals surface area contributed by atoms with Gasteiger partial charge in [-0.1, -0.05) is 25.9 Å². The molecule has 11 heteroatoms. The van der Waals surface area contributed by atoms with Crippen molar-refractivity contribution in [3.05, 3.63) is 12.2 Å². The number of nitrogens with two attached hydrogens (primary N) is 1. The van der Waals surface area contributed by atoms with Crippen LogP contribution in [0, 0.1) is 6.92 Å². The number of rotatable bonds is 5. The molecule has 31 heavy (non-hydrogen) atoms. The fraction of sp³-hybridized carbons (Fsp3) is 0.750. The van der Waals surface area contributed by atoms with Gasteiger partial charge < -0.3 is 28.9 Å². The van der Waals surface area contributed by atoms with Crippen LogP contribution in [0.3, 0.4) is 0 Å². The lowest BCUT2D eigenvalue weighted by atomic mass is 10.1. The molecule has 2 saturated heterocycles. The Morgan fingerprint density at radius 2 is 1.90 bits per heavy atom. The zero-order valence-corrected chi connectivity index (χ0v) is 20.5. The zero-order valence-electron chi connectivity index (χ0n) is 19.5. The van der Waals surface area contributed by atoms with Gasteiger partial charge in [0.05, 0.1) is 12.9 Å². The number of anilines is 1. The molecule has 0 amide bonds. The van der Waals surface area contributed by atoms with Gasteiger partial charge in [-0.25, -0.2) is 4.98 Å². The minimum Gasteiger partial charge on any atom is -0.414 e. The van der Waals surface area contributed by atoms with E-state index in [4.69, 9.17) is 28.9 Å². The molecule has 172 valence electrons. The van der Waals surface area contributed by atoms with Gasteiger partial charge in [0, 0.05) is 6.92 Å². The molecule has 10 nitrogen and oxygen atoms in total. The summed E-state index contributed by atoms with van der Waals surface area (Å²) in [4.78, 5) is 8.61. The van der Waals surface area contributed by atoms with Crippen LogP contribution in [0.1, 0.15) is 46.7 Å². The van der Waals surface area contributed by atoms with Crippen molar-refractivity contribution in [2.75, 3.05) is 12.3 Å². The van der Waals surface area contributed by atoms with Gasteiger partial charge in [-0.05, 0) is 32.0 Å². The van der Waals surface area contributed by atoms with Crippen LogP contribution in [-0.4, -0.2) is 58.7 Å². The number of hydrogen-bond acceptors (Lipinski definition) is 9. The van der Waals surface area contributed by atoms with Gasteiger partial charge in [0.25, 0.3) is 0 Å². The Morgan fingerprint density at radius 3 is 2.52 bits per heavy atom. The molecule has 2 aliphatic heterocycles. The van der Waals surface area contributed by atoms with Crippen LogP contribution >= 0.6 is 0 Å². The van der Waals surface area contributed by atoms with Crippen LogP contribution in [0.2, 0.25) is 18.1 Å². The van der Waals surface area contributed by atoms with E-state index in [1.54, 1.807) is 17.8 Å². The predicted molar refractivity (Wildman–Crippen MR) is 116 cm³/mol. The van der Waals surface area contributed by atoms with Crippen molar-refractivity contribution < 1.29 is 23.2 Å². The van der Waals surface area contributed by atoms with E-state index in [-0.39, 0.29) is 23.4 Å². The first-order valence-corrected chi connectivity index (χ1v) is 13.5. The first kappa shape index (κ1) is 22.4. The van der Waals surface area contributed by atoms with Crippen molar-refractivity contribution in [1.82, 2.24) is 19.7 Å². The van der Waals surface area contributed by atoms with Gasteiger partial charge in [-0.2, -0.15) is 4.98 Å². The summed E-state index contributed by atoms with van der Waals surface area (Å²) in [7, 11) is -1.95. The Bertz CT molecular complexity index is 950. The molecular formula is C20H33N5O5Si. The molecule has 0 aromatic carbocycles. The summed E-state index contributed by atoms with van der Waals surface area (Å²) in [5, 5.41) is 4.02. The quantitative estimate of drug-likeness (QED) is 0.683. The standard InChI is InChI=1S/C20H33N5O5Si/c1-11-23-17(24-30-11)13-16(21)25(10-22-13)18-15-14(28-20(5,6)29-15)12(27-18)9-26-31(7,8)19(2,3)4/h10,12,14-15,18H,9,21H2,1-8H3/t12-,14-,15-,18-/m1/s1. The van der Waals surface area contributed by atoms with Crippen molar-refractivity contribution in [1.29, 1.82) is 0 Å². The first-order chi connectivity index (χ1) is 14.3. The second-order valence-electron chi connectivity index (χ2n) is 10.2. The summed E-state index contributed by atoms with van der Waals surface area (Å²) in [6, 6.07) is 0. The van der Waals surface area contributed by atoms with Gasteiger partial charge in [0.2, 0.25) is 11.7 Å². The molecule has 0 radical (unpaired) electrons. The Morgan fingerprint density at radius 1 is 1.23 bits per heavy atom. The fourth-order valence-electron chi connectivity index (χ4n) is 3.67. The van der Waals surface area contributed by atoms with Crippen LogP contribution in [0.4, 0.5) is 5.82 Å². The van der Waals surface area contributed by atoms with Gasteiger partial charge in [0.15, 0.2) is 26.0 Å². The van der Waals surface area contributed by atoms with Crippen LogP contribution < -0.4 is 5.73 Å². The maximum Gasteiger partial charge on any atom is 0.224 e. The summed E-state index contributed by atoms with van der Waals surface area (Å²) < 4.78 is 32.0. The van der Waals surface area contributed by atoms with Crippen LogP contribution in [0.25, 0.3) is 11.5 Å². The monoisotopic (exact) mass is 451 g/mol. The Balaban J connectivity index is 1.59. The third-order valence-electron chi connectivity index (χ3n) is 6.39. The highest BCUT2D eigenvalue weighted by Crippen LogP contribution is 2.45. The average molecular weight is 452 g/mol. The molecule has 2 N–H and O–H groups in total. The molecule has 2 fully saturated rings. The van der Waals surface area contributed by atoms with Gasteiger partial charge >= 0.3 is 0 Å². The van der Waals surface area contributed by atoms with E-state index in [2.05, 4.69) is 49.0 Å². The van der Waals surface area contributed by atoms with E-state index in [1.807, 2.05) is 13.8 Å². The van der Waals surface area contributed by atoms with E-state index in [9.17, 15) is 0 Å². The lowest BCUT2D eigenvalue weighted by Crippen LogP contribution is -2.44. The summed E-state index contributed by atoms with van der Waals surface area (Å²) >= 11 is 0. The third-order valence-corrected chi connectivity index (χ3v) is 10.9. The highest BCUT2D eigenvalue weighted by atomic mass is 28.4. The van der Waals surface area contributed by atoms with Gasteiger partial charge in [-0.15, -0.1) is 0 Å². The van der Waals surface area contributed by atoms with E-state index in [0.717, 1.165) is 0 Å². The topological polar surface area (TPSA) is 120 Å². The third kappa shape index (κ3) is 4.04. The molecule has 4 heterocycles. The lowest BCUT2D eigenvalue weighted by Gasteiger charge is -2.37. The number of ether oxygens (including phenoxy) is 3. The zero-order chi connectivity index (χ0) is 22.8. The molecule has 0 bridgehead atoms. The maximum atomic E-state index is 6.44. The molecule has 4 rings (SSSR count). The lowest BCUT2D eigenvalue weighted by molar-refractivity contribution is -0.199. The van der Waals surface area contributed by atoms with Crippen molar-refractivity contribution in [2.45, 2.75) is 90.0 Å². The molecule has 0 spiro atoms. The molecule has 2 aromatic rings. The van der Waals surface area contributed by atoms with Crippen LogP contribution in [0.15, 0.2) is 10.9 Å². The molecule has 2 aliphatic rings. The molecule has 0 saturated carbocycles.